The normalized spacial score (nSPS) is 20.4. The maximum atomic E-state index is 9.15. The lowest BCUT2D eigenvalue weighted by atomic mass is 10.0. The first-order valence-electron chi connectivity index (χ1n) is 9.01. The minimum Gasteiger partial charge on any atom is -0.436 e. The van der Waals surface area contributed by atoms with E-state index in [1.165, 1.54) is 12.8 Å². The molecule has 1 aliphatic rings. The minimum atomic E-state index is 0.254. The average molecular weight is 337 g/mol. The largest absolute Gasteiger partial charge is 0.436 e. The van der Waals surface area contributed by atoms with E-state index in [1.54, 1.807) is 0 Å². The van der Waals surface area contributed by atoms with Crippen molar-refractivity contribution in [1.82, 2.24) is 4.98 Å². The molecule has 25 heavy (non-hydrogen) atoms. The number of hydrogen-bond acceptors (Lipinski definition) is 4. The zero-order valence-corrected chi connectivity index (χ0v) is 14.2. The Hall–Kier alpha value is -2.17. The van der Waals surface area contributed by atoms with E-state index in [4.69, 9.17) is 14.3 Å². The van der Waals surface area contributed by atoms with Crippen molar-refractivity contribution in [3.05, 3.63) is 54.1 Å². The van der Waals surface area contributed by atoms with Crippen molar-refractivity contribution < 1.29 is 14.3 Å². The first-order chi connectivity index (χ1) is 12.3. The van der Waals surface area contributed by atoms with Gasteiger partial charge in [-0.25, -0.2) is 4.98 Å². The summed E-state index contributed by atoms with van der Waals surface area (Å²) in [7, 11) is 0. The third-order valence-corrected chi connectivity index (χ3v) is 5.05. The molecule has 3 aromatic rings. The van der Waals surface area contributed by atoms with E-state index in [2.05, 4.69) is 17.1 Å². The summed E-state index contributed by atoms with van der Waals surface area (Å²) in [4.78, 5) is 4.53. The van der Waals surface area contributed by atoms with Crippen LogP contribution in [-0.4, -0.2) is 22.8 Å². The van der Waals surface area contributed by atoms with E-state index < -0.39 is 0 Å². The first kappa shape index (κ1) is 16.3. The van der Waals surface area contributed by atoms with Gasteiger partial charge in [-0.05, 0) is 55.0 Å². The van der Waals surface area contributed by atoms with Crippen LogP contribution < -0.4 is 0 Å². The molecule has 1 saturated carbocycles. The van der Waals surface area contributed by atoms with Crippen LogP contribution in [0.25, 0.3) is 22.6 Å². The highest BCUT2D eigenvalue weighted by atomic mass is 16.5. The Morgan fingerprint density at radius 2 is 1.92 bits per heavy atom. The lowest BCUT2D eigenvalue weighted by molar-refractivity contribution is 0.00961. The zero-order valence-electron chi connectivity index (χ0n) is 14.2. The molecule has 1 fully saturated rings. The Kier molecular flexibility index (Phi) is 4.81. The topological polar surface area (TPSA) is 55.5 Å². The number of nitrogens with zero attached hydrogens (tertiary/aromatic N) is 1. The van der Waals surface area contributed by atoms with Gasteiger partial charge in [0.25, 0.3) is 0 Å². The summed E-state index contributed by atoms with van der Waals surface area (Å²) < 4.78 is 11.9. The van der Waals surface area contributed by atoms with Gasteiger partial charge in [0.1, 0.15) is 5.52 Å². The van der Waals surface area contributed by atoms with Crippen molar-refractivity contribution in [2.45, 2.75) is 38.4 Å². The fourth-order valence-corrected chi connectivity index (χ4v) is 3.66. The number of fused-ring (bicyclic) bond motifs is 1. The van der Waals surface area contributed by atoms with Crippen LogP contribution in [0.1, 0.15) is 31.2 Å². The fourth-order valence-electron chi connectivity index (χ4n) is 3.66. The van der Waals surface area contributed by atoms with Crippen LogP contribution in [0.2, 0.25) is 0 Å². The first-order valence-corrected chi connectivity index (χ1v) is 9.01. The minimum absolute atomic E-state index is 0.254. The Labute approximate surface area is 147 Å². The van der Waals surface area contributed by atoms with Crippen LogP contribution in [0, 0.1) is 5.92 Å². The molecule has 4 heteroatoms. The Morgan fingerprint density at radius 3 is 2.72 bits per heavy atom. The molecule has 0 spiro atoms. The highest BCUT2D eigenvalue weighted by Crippen LogP contribution is 2.31. The summed E-state index contributed by atoms with van der Waals surface area (Å²) in [5, 5.41) is 9.15. The molecule has 0 amide bonds. The van der Waals surface area contributed by atoms with Crippen LogP contribution in [0.3, 0.4) is 0 Å². The summed E-state index contributed by atoms with van der Waals surface area (Å²) in [5.41, 5.74) is 3.80. The number of aromatic nitrogens is 1. The van der Waals surface area contributed by atoms with Crippen molar-refractivity contribution in [2.24, 2.45) is 5.92 Å². The molecule has 1 heterocycles. The predicted octanol–water partition coefficient (Wildman–Crippen LogP) is 4.56. The lowest BCUT2D eigenvalue weighted by Gasteiger charge is -2.19. The molecular formula is C21H23NO3. The number of rotatable bonds is 6. The van der Waals surface area contributed by atoms with Gasteiger partial charge in [0, 0.05) is 12.2 Å². The van der Waals surface area contributed by atoms with Crippen LogP contribution >= 0.6 is 0 Å². The Morgan fingerprint density at radius 1 is 1.08 bits per heavy atom. The van der Waals surface area contributed by atoms with Crippen molar-refractivity contribution in [2.75, 3.05) is 6.61 Å². The number of hydrogen-bond donors (Lipinski definition) is 1. The van der Waals surface area contributed by atoms with Gasteiger partial charge < -0.3 is 14.3 Å². The molecule has 4 rings (SSSR count). The lowest BCUT2D eigenvalue weighted by Crippen LogP contribution is -2.19. The van der Waals surface area contributed by atoms with Crippen molar-refractivity contribution in [3.8, 4) is 11.5 Å². The van der Waals surface area contributed by atoms with E-state index in [-0.39, 0.29) is 12.7 Å². The average Bonchev–Trinajstić information content (AvgIpc) is 3.27. The summed E-state index contributed by atoms with van der Waals surface area (Å²) in [6.45, 7) is 0.865. The van der Waals surface area contributed by atoms with Gasteiger partial charge in [-0.3, -0.25) is 0 Å². The summed E-state index contributed by atoms with van der Waals surface area (Å²) >= 11 is 0. The number of aliphatic hydroxyl groups is 1. The van der Waals surface area contributed by atoms with Gasteiger partial charge in [0.05, 0.1) is 12.7 Å². The van der Waals surface area contributed by atoms with Gasteiger partial charge in [0.2, 0.25) is 5.89 Å². The van der Waals surface area contributed by atoms with Crippen molar-refractivity contribution >= 4 is 11.1 Å². The Balaban J connectivity index is 1.41. The molecule has 2 aromatic carbocycles. The molecule has 1 aliphatic carbocycles. The van der Waals surface area contributed by atoms with Crippen LogP contribution in [0.5, 0.6) is 0 Å². The molecule has 130 valence electrons. The number of aliphatic hydroxyl groups excluding tert-OH is 1. The van der Waals surface area contributed by atoms with E-state index >= 15 is 0 Å². The quantitative estimate of drug-likeness (QED) is 0.716. The van der Waals surface area contributed by atoms with Crippen molar-refractivity contribution in [1.29, 1.82) is 0 Å². The number of para-hydroxylation sites is 2. The zero-order chi connectivity index (χ0) is 17.1. The molecule has 4 nitrogen and oxygen atoms in total. The van der Waals surface area contributed by atoms with E-state index in [9.17, 15) is 0 Å². The van der Waals surface area contributed by atoms with E-state index in [0.29, 0.717) is 18.4 Å². The highest BCUT2D eigenvalue weighted by molar-refractivity contribution is 5.75. The third-order valence-electron chi connectivity index (χ3n) is 5.05. The molecule has 0 unspecified atom stereocenters. The van der Waals surface area contributed by atoms with Crippen LogP contribution in [-0.2, 0) is 11.3 Å². The van der Waals surface area contributed by atoms with Crippen molar-refractivity contribution in [3.63, 3.8) is 0 Å². The van der Waals surface area contributed by atoms with Crippen LogP contribution in [0.4, 0.5) is 0 Å². The second kappa shape index (κ2) is 7.38. The molecule has 0 radical (unpaired) electrons. The predicted molar refractivity (Wildman–Crippen MR) is 97.1 cm³/mol. The molecule has 0 bridgehead atoms. The standard InChI is InChI=1S/C21H23NO3/c23-13-12-16-4-3-7-19(16)24-14-15-8-10-17(11-9-15)21-22-18-5-1-2-6-20(18)25-21/h1-2,5-6,8-11,16,19,23H,3-4,7,12-14H2/t16-,19+/m0/s1. The number of oxazole rings is 1. The van der Waals surface area contributed by atoms with Gasteiger partial charge in [0.15, 0.2) is 5.58 Å². The number of ether oxygens (including phenoxy) is 1. The molecule has 0 saturated heterocycles. The van der Waals surface area contributed by atoms with Gasteiger partial charge in [-0.1, -0.05) is 30.7 Å². The molecule has 2 atom stereocenters. The monoisotopic (exact) mass is 337 g/mol. The smallest absolute Gasteiger partial charge is 0.227 e. The summed E-state index contributed by atoms with van der Waals surface area (Å²) in [6.07, 6.45) is 4.60. The Bertz CT molecular complexity index is 792. The second-order valence-electron chi connectivity index (χ2n) is 6.74. The third kappa shape index (κ3) is 3.60. The molecular weight excluding hydrogens is 314 g/mol. The van der Waals surface area contributed by atoms with Gasteiger partial charge >= 0.3 is 0 Å². The number of benzene rings is 2. The maximum Gasteiger partial charge on any atom is 0.227 e. The highest BCUT2D eigenvalue weighted by Gasteiger charge is 2.27. The van der Waals surface area contributed by atoms with Crippen LogP contribution in [0.15, 0.2) is 52.9 Å². The maximum absolute atomic E-state index is 9.15. The van der Waals surface area contributed by atoms with Gasteiger partial charge in [-0.15, -0.1) is 0 Å². The molecule has 1 aromatic heterocycles. The van der Waals surface area contributed by atoms with Gasteiger partial charge in [-0.2, -0.15) is 0 Å². The second-order valence-corrected chi connectivity index (χ2v) is 6.74. The molecule has 0 aliphatic heterocycles. The summed E-state index contributed by atoms with van der Waals surface area (Å²) in [6, 6.07) is 16.0. The SMILES string of the molecule is OCC[C@@H]1CCC[C@H]1OCc1ccc(-c2nc3ccccc3o2)cc1. The van der Waals surface area contributed by atoms with E-state index in [0.717, 1.165) is 35.1 Å². The molecule has 1 N–H and O–H groups in total. The fraction of sp³-hybridized carbons (Fsp3) is 0.381. The summed E-state index contributed by atoms with van der Waals surface area (Å²) in [5.74, 6) is 1.15. The van der Waals surface area contributed by atoms with E-state index in [1.807, 2.05) is 36.4 Å².